The van der Waals surface area contributed by atoms with Crippen molar-refractivity contribution in [1.29, 1.82) is 0 Å². The van der Waals surface area contributed by atoms with Crippen molar-refractivity contribution < 1.29 is 5.11 Å². The molecule has 0 unspecified atom stereocenters. The van der Waals surface area contributed by atoms with Gasteiger partial charge in [0.25, 0.3) is 0 Å². The van der Waals surface area contributed by atoms with Gasteiger partial charge in [-0.2, -0.15) is 0 Å². The van der Waals surface area contributed by atoms with Gasteiger partial charge in [0, 0.05) is 18.9 Å². The molecule has 1 aliphatic heterocycles. The van der Waals surface area contributed by atoms with Crippen molar-refractivity contribution in [2.75, 3.05) is 11.4 Å². The van der Waals surface area contributed by atoms with E-state index in [1.807, 2.05) is 11.8 Å². The number of nitrogens with zero attached hydrogens (tertiary/aromatic N) is 3. The lowest BCUT2D eigenvalue weighted by atomic mass is 10.2. The minimum atomic E-state index is -0.246. The summed E-state index contributed by atoms with van der Waals surface area (Å²) in [6, 6.07) is 1.92. The maximum Gasteiger partial charge on any atom is 0.225 e. The molecular weight excluding hydrogens is 166 g/mol. The van der Waals surface area contributed by atoms with E-state index in [4.69, 9.17) is 0 Å². The smallest absolute Gasteiger partial charge is 0.225 e. The van der Waals surface area contributed by atoms with Crippen LogP contribution in [-0.4, -0.2) is 33.8 Å². The van der Waals surface area contributed by atoms with Crippen LogP contribution in [-0.2, 0) is 0 Å². The van der Waals surface area contributed by atoms with Crippen molar-refractivity contribution in [3.05, 3.63) is 18.5 Å². The van der Waals surface area contributed by atoms with E-state index in [-0.39, 0.29) is 12.1 Å². The second-order valence-corrected chi connectivity index (χ2v) is 3.34. The summed E-state index contributed by atoms with van der Waals surface area (Å²) in [4.78, 5) is 10.3. The molecule has 1 N–H and O–H groups in total. The molecule has 2 heterocycles. The molecule has 1 aromatic rings. The third-order valence-electron chi connectivity index (χ3n) is 2.52. The largest absolute Gasteiger partial charge is 0.391 e. The second kappa shape index (κ2) is 3.30. The van der Waals surface area contributed by atoms with Crippen LogP contribution < -0.4 is 4.90 Å². The van der Waals surface area contributed by atoms with E-state index in [9.17, 15) is 5.11 Å². The van der Waals surface area contributed by atoms with Gasteiger partial charge >= 0.3 is 0 Å². The van der Waals surface area contributed by atoms with Gasteiger partial charge in [-0.1, -0.05) is 0 Å². The number of anilines is 1. The third-order valence-corrected chi connectivity index (χ3v) is 2.52. The van der Waals surface area contributed by atoms with Crippen LogP contribution in [0.15, 0.2) is 18.5 Å². The van der Waals surface area contributed by atoms with Crippen LogP contribution in [0.1, 0.15) is 13.3 Å². The van der Waals surface area contributed by atoms with Crippen molar-refractivity contribution in [3.8, 4) is 0 Å². The van der Waals surface area contributed by atoms with E-state index in [1.54, 1.807) is 18.5 Å². The van der Waals surface area contributed by atoms with Gasteiger partial charge in [0.15, 0.2) is 0 Å². The van der Waals surface area contributed by atoms with E-state index in [0.29, 0.717) is 5.95 Å². The van der Waals surface area contributed by atoms with Gasteiger partial charge < -0.3 is 10.0 Å². The molecule has 0 saturated carbocycles. The summed E-state index contributed by atoms with van der Waals surface area (Å²) in [5.74, 6) is 0.714. The first-order valence-corrected chi connectivity index (χ1v) is 4.51. The Morgan fingerprint density at radius 3 is 2.69 bits per heavy atom. The number of aliphatic hydroxyl groups excluding tert-OH is 1. The predicted octanol–water partition coefficient (Wildman–Crippen LogP) is 0.436. The fourth-order valence-corrected chi connectivity index (χ4v) is 1.65. The molecule has 2 atom stereocenters. The van der Waals surface area contributed by atoms with Crippen LogP contribution in [0.3, 0.4) is 0 Å². The van der Waals surface area contributed by atoms with Crippen LogP contribution in [0.5, 0.6) is 0 Å². The molecule has 0 amide bonds. The zero-order chi connectivity index (χ0) is 9.26. The lowest BCUT2D eigenvalue weighted by Crippen LogP contribution is -2.33. The van der Waals surface area contributed by atoms with Gasteiger partial charge in [-0.25, -0.2) is 9.97 Å². The molecule has 0 bridgehead atoms. The highest BCUT2D eigenvalue weighted by molar-refractivity contribution is 5.32. The van der Waals surface area contributed by atoms with Crippen molar-refractivity contribution in [1.82, 2.24) is 9.97 Å². The maximum atomic E-state index is 9.53. The van der Waals surface area contributed by atoms with Crippen LogP contribution in [0, 0.1) is 0 Å². The molecule has 1 aliphatic rings. The summed E-state index contributed by atoms with van der Waals surface area (Å²) in [6.45, 7) is 2.83. The molecule has 1 fully saturated rings. The Bertz CT molecular complexity index is 277. The van der Waals surface area contributed by atoms with Crippen LogP contribution >= 0.6 is 0 Å². The highest BCUT2D eigenvalue weighted by Crippen LogP contribution is 2.21. The molecule has 0 spiro atoms. The number of hydrogen-bond acceptors (Lipinski definition) is 4. The minimum Gasteiger partial charge on any atom is -0.391 e. The molecule has 0 radical (unpaired) electrons. The quantitative estimate of drug-likeness (QED) is 0.679. The molecule has 4 heteroatoms. The average Bonchev–Trinajstić information content (AvgIpc) is 2.49. The van der Waals surface area contributed by atoms with Gasteiger partial charge in [-0.05, 0) is 19.4 Å². The fraction of sp³-hybridized carbons (Fsp3) is 0.556. The van der Waals surface area contributed by atoms with E-state index in [0.717, 1.165) is 13.0 Å². The Balaban J connectivity index is 2.19. The van der Waals surface area contributed by atoms with Gasteiger partial charge in [-0.3, -0.25) is 0 Å². The Morgan fingerprint density at radius 1 is 1.46 bits per heavy atom. The van der Waals surface area contributed by atoms with E-state index in [2.05, 4.69) is 9.97 Å². The van der Waals surface area contributed by atoms with Crippen molar-refractivity contribution in [2.24, 2.45) is 0 Å². The highest BCUT2D eigenvalue weighted by atomic mass is 16.3. The summed E-state index contributed by atoms with van der Waals surface area (Å²) in [7, 11) is 0. The topological polar surface area (TPSA) is 49.2 Å². The normalized spacial score (nSPS) is 28.0. The zero-order valence-electron chi connectivity index (χ0n) is 7.59. The zero-order valence-corrected chi connectivity index (χ0v) is 7.59. The third kappa shape index (κ3) is 1.49. The van der Waals surface area contributed by atoms with E-state index < -0.39 is 0 Å². The fourth-order valence-electron chi connectivity index (χ4n) is 1.65. The van der Waals surface area contributed by atoms with E-state index in [1.165, 1.54) is 0 Å². The second-order valence-electron chi connectivity index (χ2n) is 3.34. The summed E-state index contributed by atoms with van der Waals surface area (Å²) >= 11 is 0. The lowest BCUT2D eigenvalue weighted by Gasteiger charge is -2.21. The molecule has 0 aliphatic carbocycles. The number of aliphatic hydroxyl groups is 1. The SMILES string of the molecule is C[C@H]1[C@H](O)CCN1c1ncccn1. The maximum absolute atomic E-state index is 9.53. The summed E-state index contributed by atoms with van der Waals surface area (Å²) in [5, 5.41) is 9.53. The molecule has 70 valence electrons. The first-order valence-electron chi connectivity index (χ1n) is 4.51. The Hall–Kier alpha value is -1.16. The van der Waals surface area contributed by atoms with Gasteiger partial charge in [0.1, 0.15) is 0 Å². The predicted molar refractivity (Wildman–Crippen MR) is 49.5 cm³/mol. The Labute approximate surface area is 77.2 Å². The molecule has 1 saturated heterocycles. The molecule has 1 aromatic heterocycles. The molecule has 13 heavy (non-hydrogen) atoms. The summed E-state index contributed by atoms with van der Waals surface area (Å²) in [5.41, 5.74) is 0. The lowest BCUT2D eigenvalue weighted by molar-refractivity contribution is 0.170. The van der Waals surface area contributed by atoms with Crippen molar-refractivity contribution in [3.63, 3.8) is 0 Å². The number of aromatic nitrogens is 2. The monoisotopic (exact) mass is 179 g/mol. The van der Waals surface area contributed by atoms with Crippen LogP contribution in [0.2, 0.25) is 0 Å². The number of hydrogen-bond donors (Lipinski definition) is 1. The summed E-state index contributed by atoms with van der Waals surface area (Å²) in [6.07, 6.45) is 4.00. The first-order chi connectivity index (χ1) is 6.29. The molecule has 0 aromatic carbocycles. The summed E-state index contributed by atoms with van der Waals surface area (Å²) < 4.78 is 0. The standard InChI is InChI=1S/C9H13N3O/c1-7-8(13)3-6-12(7)9-10-4-2-5-11-9/h2,4-5,7-8,13H,3,6H2,1H3/t7-,8+/m0/s1. The van der Waals surface area contributed by atoms with Crippen molar-refractivity contribution >= 4 is 5.95 Å². The van der Waals surface area contributed by atoms with E-state index >= 15 is 0 Å². The van der Waals surface area contributed by atoms with Crippen LogP contribution in [0.4, 0.5) is 5.95 Å². The average molecular weight is 179 g/mol. The first kappa shape index (κ1) is 8.44. The van der Waals surface area contributed by atoms with Gasteiger partial charge in [-0.15, -0.1) is 0 Å². The highest BCUT2D eigenvalue weighted by Gasteiger charge is 2.30. The van der Waals surface area contributed by atoms with Crippen LogP contribution in [0.25, 0.3) is 0 Å². The van der Waals surface area contributed by atoms with Crippen molar-refractivity contribution in [2.45, 2.75) is 25.5 Å². The molecule has 2 rings (SSSR count). The van der Waals surface area contributed by atoms with Gasteiger partial charge in [0.05, 0.1) is 12.1 Å². The molecular formula is C9H13N3O. The molecule has 4 nitrogen and oxygen atoms in total. The Morgan fingerprint density at radius 2 is 2.15 bits per heavy atom. The Kier molecular flexibility index (Phi) is 2.14. The minimum absolute atomic E-state index is 0.127. The van der Waals surface area contributed by atoms with Gasteiger partial charge in [0.2, 0.25) is 5.95 Å². The number of rotatable bonds is 1.